The van der Waals surface area contributed by atoms with Crippen LogP contribution >= 0.6 is 11.6 Å². The van der Waals surface area contributed by atoms with Crippen LogP contribution in [0.5, 0.6) is 0 Å². The number of rotatable bonds is 5. The van der Waals surface area contributed by atoms with E-state index in [4.69, 9.17) is 11.6 Å². The van der Waals surface area contributed by atoms with Crippen LogP contribution in [0.4, 0.5) is 0 Å². The molecule has 0 saturated carbocycles. The molecule has 0 spiro atoms. The average molecular weight is 330 g/mol. The fraction of sp³-hybridized carbons (Fsp3) is 0.111. The van der Waals surface area contributed by atoms with Crippen molar-refractivity contribution >= 4 is 29.6 Å². The number of carbonyl (C=O) groups excluding carboxylic acids is 2. The van der Waals surface area contributed by atoms with Crippen molar-refractivity contribution in [3.05, 3.63) is 76.3 Å². The van der Waals surface area contributed by atoms with E-state index in [0.717, 1.165) is 11.1 Å². The molecule has 0 atom stereocenters. The zero-order valence-electron chi connectivity index (χ0n) is 12.6. The Hall–Kier alpha value is -2.59. The van der Waals surface area contributed by atoms with Gasteiger partial charge in [0.2, 0.25) is 5.91 Å². The largest absolute Gasteiger partial charge is 0.465 e. The molecule has 0 bridgehead atoms. The van der Waals surface area contributed by atoms with Crippen molar-refractivity contribution in [2.45, 2.75) is 6.54 Å². The SMILES string of the molecule is COC(=O)c1ccc(CNC(=O)/C=C/c2ccccc2Cl)cc1. The molecule has 0 radical (unpaired) electrons. The van der Waals surface area contributed by atoms with E-state index in [-0.39, 0.29) is 11.9 Å². The standard InChI is InChI=1S/C18H16ClNO3/c1-23-18(22)15-8-6-13(7-9-15)12-20-17(21)11-10-14-4-2-3-5-16(14)19/h2-11H,12H2,1H3,(H,20,21)/b11-10+. The van der Waals surface area contributed by atoms with Gasteiger partial charge in [0.25, 0.3) is 0 Å². The van der Waals surface area contributed by atoms with Crippen LogP contribution in [-0.2, 0) is 16.1 Å². The number of nitrogens with one attached hydrogen (secondary N) is 1. The number of benzene rings is 2. The van der Waals surface area contributed by atoms with E-state index < -0.39 is 0 Å². The second-order valence-corrected chi connectivity index (χ2v) is 5.17. The van der Waals surface area contributed by atoms with Gasteiger partial charge >= 0.3 is 5.97 Å². The molecule has 0 fully saturated rings. The summed E-state index contributed by atoms with van der Waals surface area (Å²) in [4.78, 5) is 23.1. The first-order valence-corrected chi connectivity index (χ1v) is 7.35. The van der Waals surface area contributed by atoms with Gasteiger partial charge in [-0.2, -0.15) is 0 Å². The molecule has 2 aromatic rings. The minimum Gasteiger partial charge on any atom is -0.465 e. The molecule has 118 valence electrons. The molecule has 0 aromatic heterocycles. The lowest BCUT2D eigenvalue weighted by Crippen LogP contribution is -2.20. The number of esters is 1. The Bertz CT molecular complexity index is 723. The Kier molecular flexibility index (Phi) is 5.94. The average Bonchev–Trinajstić information content (AvgIpc) is 2.59. The van der Waals surface area contributed by atoms with Crippen molar-refractivity contribution in [3.8, 4) is 0 Å². The highest BCUT2D eigenvalue weighted by Gasteiger charge is 2.04. The summed E-state index contributed by atoms with van der Waals surface area (Å²) >= 11 is 6.01. The molecule has 0 saturated heterocycles. The van der Waals surface area contributed by atoms with Crippen molar-refractivity contribution in [2.75, 3.05) is 7.11 Å². The van der Waals surface area contributed by atoms with Gasteiger partial charge in [-0.15, -0.1) is 0 Å². The topological polar surface area (TPSA) is 55.4 Å². The highest BCUT2D eigenvalue weighted by molar-refractivity contribution is 6.32. The molecule has 2 aromatic carbocycles. The lowest BCUT2D eigenvalue weighted by Gasteiger charge is -2.04. The fourth-order valence-electron chi connectivity index (χ4n) is 1.90. The lowest BCUT2D eigenvalue weighted by atomic mass is 10.1. The van der Waals surface area contributed by atoms with Gasteiger partial charge in [0.15, 0.2) is 0 Å². The Labute approximate surface area is 139 Å². The molecule has 0 aliphatic heterocycles. The summed E-state index contributed by atoms with van der Waals surface area (Å²) in [5.41, 5.74) is 2.14. The second kappa shape index (κ2) is 8.15. The van der Waals surface area contributed by atoms with Crippen molar-refractivity contribution in [3.63, 3.8) is 0 Å². The molecule has 0 aliphatic rings. The Morgan fingerprint density at radius 3 is 2.48 bits per heavy atom. The third-order valence-electron chi connectivity index (χ3n) is 3.16. The molecule has 5 heteroatoms. The van der Waals surface area contributed by atoms with E-state index in [1.807, 2.05) is 18.2 Å². The quantitative estimate of drug-likeness (QED) is 0.675. The predicted molar refractivity (Wildman–Crippen MR) is 90.1 cm³/mol. The number of amides is 1. The molecule has 0 heterocycles. The van der Waals surface area contributed by atoms with Gasteiger partial charge in [-0.05, 0) is 35.4 Å². The maximum atomic E-state index is 11.8. The van der Waals surface area contributed by atoms with Crippen LogP contribution in [0.1, 0.15) is 21.5 Å². The second-order valence-electron chi connectivity index (χ2n) is 4.76. The smallest absolute Gasteiger partial charge is 0.337 e. The van der Waals surface area contributed by atoms with Crippen LogP contribution in [0.2, 0.25) is 5.02 Å². The van der Waals surface area contributed by atoms with E-state index in [0.29, 0.717) is 17.1 Å². The molecule has 1 N–H and O–H groups in total. The minimum atomic E-state index is -0.386. The van der Waals surface area contributed by atoms with Gasteiger partial charge in [0.1, 0.15) is 0 Å². The van der Waals surface area contributed by atoms with Crippen LogP contribution in [0.25, 0.3) is 6.08 Å². The summed E-state index contributed by atoms with van der Waals surface area (Å²) in [6.45, 7) is 0.368. The van der Waals surface area contributed by atoms with Crippen molar-refractivity contribution in [1.82, 2.24) is 5.32 Å². The number of ether oxygens (including phenoxy) is 1. The molecule has 2 rings (SSSR count). The maximum absolute atomic E-state index is 11.8. The van der Waals surface area contributed by atoms with Crippen LogP contribution in [0.3, 0.4) is 0 Å². The molecule has 0 aliphatic carbocycles. The molecule has 23 heavy (non-hydrogen) atoms. The van der Waals surface area contributed by atoms with Crippen LogP contribution in [0, 0.1) is 0 Å². The third kappa shape index (κ3) is 4.97. The summed E-state index contributed by atoms with van der Waals surface area (Å²) in [6.07, 6.45) is 3.10. The van der Waals surface area contributed by atoms with Gasteiger partial charge in [0.05, 0.1) is 12.7 Å². The monoisotopic (exact) mass is 329 g/mol. The van der Waals surface area contributed by atoms with Gasteiger partial charge in [0, 0.05) is 17.6 Å². The summed E-state index contributed by atoms with van der Waals surface area (Å²) in [6, 6.07) is 14.1. The molecular formula is C18H16ClNO3. The Balaban J connectivity index is 1.89. The lowest BCUT2D eigenvalue weighted by molar-refractivity contribution is -0.116. The van der Waals surface area contributed by atoms with Gasteiger partial charge in [-0.1, -0.05) is 41.9 Å². The van der Waals surface area contributed by atoms with Crippen molar-refractivity contribution < 1.29 is 14.3 Å². The zero-order chi connectivity index (χ0) is 16.7. The highest BCUT2D eigenvalue weighted by atomic mass is 35.5. The van der Waals surface area contributed by atoms with E-state index in [1.54, 1.807) is 36.4 Å². The summed E-state index contributed by atoms with van der Waals surface area (Å²) in [5, 5.41) is 3.36. The number of carbonyl (C=O) groups is 2. The van der Waals surface area contributed by atoms with Crippen molar-refractivity contribution in [2.24, 2.45) is 0 Å². The van der Waals surface area contributed by atoms with Gasteiger partial charge < -0.3 is 10.1 Å². The van der Waals surface area contributed by atoms with E-state index in [9.17, 15) is 9.59 Å². The number of halogens is 1. The first-order valence-electron chi connectivity index (χ1n) is 6.98. The summed E-state index contributed by atoms with van der Waals surface area (Å²) < 4.78 is 4.63. The molecular weight excluding hydrogens is 314 g/mol. The minimum absolute atomic E-state index is 0.220. The maximum Gasteiger partial charge on any atom is 0.337 e. The van der Waals surface area contributed by atoms with E-state index in [2.05, 4.69) is 10.1 Å². The summed E-state index contributed by atoms with van der Waals surface area (Å²) in [7, 11) is 1.34. The number of hydrogen-bond acceptors (Lipinski definition) is 3. The predicted octanol–water partition coefficient (Wildman–Crippen LogP) is 3.46. The first kappa shape index (κ1) is 16.8. The van der Waals surface area contributed by atoms with E-state index >= 15 is 0 Å². The van der Waals surface area contributed by atoms with Gasteiger partial charge in [-0.25, -0.2) is 4.79 Å². The molecule has 4 nitrogen and oxygen atoms in total. The van der Waals surface area contributed by atoms with Gasteiger partial charge in [-0.3, -0.25) is 4.79 Å². The third-order valence-corrected chi connectivity index (χ3v) is 3.51. The number of methoxy groups -OCH3 is 1. The Morgan fingerprint density at radius 1 is 1.13 bits per heavy atom. The molecule has 1 amide bonds. The summed E-state index contributed by atoms with van der Waals surface area (Å²) in [5.74, 6) is -0.606. The zero-order valence-corrected chi connectivity index (χ0v) is 13.3. The van der Waals surface area contributed by atoms with E-state index in [1.165, 1.54) is 13.2 Å². The van der Waals surface area contributed by atoms with Crippen molar-refractivity contribution in [1.29, 1.82) is 0 Å². The van der Waals surface area contributed by atoms with Crippen LogP contribution in [0.15, 0.2) is 54.6 Å². The van der Waals surface area contributed by atoms with Crippen LogP contribution < -0.4 is 5.32 Å². The number of hydrogen-bond donors (Lipinski definition) is 1. The normalized spacial score (nSPS) is 10.5. The first-order chi connectivity index (χ1) is 11.1. The highest BCUT2D eigenvalue weighted by Crippen LogP contribution is 2.16. The Morgan fingerprint density at radius 2 is 1.83 bits per heavy atom. The van der Waals surface area contributed by atoms with Crippen LogP contribution in [-0.4, -0.2) is 19.0 Å². The fourth-order valence-corrected chi connectivity index (χ4v) is 2.10. The molecule has 0 unspecified atom stereocenters.